The highest BCUT2D eigenvalue weighted by Gasteiger charge is 2.37. The minimum absolute atomic E-state index is 0.107. The van der Waals surface area contributed by atoms with Gasteiger partial charge in [0.05, 0.1) is 0 Å². The van der Waals surface area contributed by atoms with Crippen LogP contribution in [0.15, 0.2) is 17.7 Å². The molecule has 8 nitrogen and oxygen atoms in total. The smallest absolute Gasteiger partial charge is 0.433 e. The molecule has 0 atom stereocenters. The Balaban J connectivity index is 2.37. The molecule has 1 aromatic carbocycles. The van der Waals surface area contributed by atoms with Gasteiger partial charge in [0.25, 0.3) is 5.91 Å². The number of phenols is 1. The second-order valence-corrected chi connectivity index (χ2v) is 11.5. The predicted octanol–water partition coefficient (Wildman–Crippen LogP) is 4.83. The maximum Gasteiger partial charge on any atom is 0.433 e. The van der Waals surface area contributed by atoms with E-state index in [1.165, 1.54) is 0 Å². The van der Waals surface area contributed by atoms with Crippen LogP contribution in [0.3, 0.4) is 0 Å². The lowest BCUT2D eigenvalue weighted by atomic mass is 9.78. The third-order valence-electron chi connectivity index (χ3n) is 5.24. The number of rotatable bonds is 1. The fourth-order valence-electron chi connectivity index (χ4n) is 3.53. The molecule has 182 valence electrons. The minimum atomic E-state index is -1.03. The number of ether oxygens (including phenoxy) is 1. The van der Waals surface area contributed by atoms with Gasteiger partial charge in [0.15, 0.2) is 0 Å². The molecule has 1 aliphatic rings. The first-order valence-corrected chi connectivity index (χ1v) is 11.0. The van der Waals surface area contributed by atoms with E-state index in [1.807, 2.05) is 53.7 Å². The number of likely N-dealkylation sites (tertiary alicyclic amines) is 1. The van der Waals surface area contributed by atoms with Crippen molar-refractivity contribution in [2.45, 2.75) is 85.2 Å². The van der Waals surface area contributed by atoms with E-state index in [-0.39, 0.29) is 23.1 Å². The van der Waals surface area contributed by atoms with Crippen molar-refractivity contribution in [2.75, 3.05) is 6.54 Å². The Labute approximate surface area is 196 Å². The molecule has 0 unspecified atom stereocenters. The number of carbonyl (C=O) groups is 3. The van der Waals surface area contributed by atoms with Gasteiger partial charge in [-0.3, -0.25) is 9.69 Å². The zero-order chi connectivity index (χ0) is 25.5. The van der Waals surface area contributed by atoms with Gasteiger partial charge in [0.1, 0.15) is 11.4 Å². The van der Waals surface area contributed by atoms with E-state index in [9.17, 15) is 19.5 Å². The first-order valence-electron chi connectivity index (χ1n) is 11.0. The molecule has 1 aromatic rings. The first kappa shape index (κ1) is 26.4. The zero-order valence-corrected chi connectivity index (χ0v) is 21.2. The summed E-state index contributed by atoms with van der Waals surface area (Å²) >= 11 is 0. The number of urea groups is 1. The number of benzene rings is 1. The van der Waals surface area contributed by atoms with Crippen molar-refractivity contribution in [3.05, 3.63) is 34.4 Å². The summed E-state index contributed by atoms with van der Waals surface area (Å²) in [6.45, 7) is 17.1. The van der Waals surface area contributed by atoms with Crippen molar-refractivity contribution in [1.29, 1.82) is 0 Å². The summed E-state index contributed by atoms with van der Waals surface area (Å²) < 4.78 is 5.10. The zero-order valence-electron chi connectivity index (χ0n) is 21.2. The molecule has 0 aliphatic carbocycles. The summed E-state index contributed by atoms with van der Waals surface area (Å²) in [5.41, 5.74) is 1.28. The van der Waals surface area contributed by atoms with Gasteiger partial charge in [0, 0.05) is 23.2 Å². The summed E-state index contributed by atoms with van der Waals surface area (Å²) in [5.74, 6) is 5.37. The van der Waals surface area contributed by atoms with Crippen LogP contribution >= 0.6 is 0 Å². The topological polar surface area (TPSA) is 113 Å². The number of hydrogen-bond donors (Lipinski definition) is 2. The van der Waals surface area contributed by atoms with Crippen LogP contribution in [0.1, 0.15) is 85.4 Å². The molecule has 0 aromatic heterocycles. The molecular weight excluding hydrogens is 422 g/mol. The van der Waals surface area contributed by atoms with Gasteiger partial charge in [-0.05, 0) is 61.8 Å². The van der Waals surface area contributed by atoms with Crippen LogP contribution in [-0.4, -0.2) is 45.2 Å². The van der Waals surface area contributed by atoms with Crippen molar-refractivity contribution in [1.82, 2.24) is 9.91 Å². The molecule has 2 rings (SSSR count). The van der Waals surface area contributed by atoms with Crippen LogP contribution < -0.4 is 5.84 Å². The number of carbonyl (C=O) groups excluding carboxylic acids is 3. The molecule has 33 heavy (non-hydrogen) atoms. The molecule has 1 aliphatic heterocycles. The molecule has 1 fully saturated rings. The Morgan fingerprint density at radius 3 is 1.94 bits per heavy atom. The average Bonchev–Trinajstić information content (AvgIpc) is 2.98. The van der Waals surface area contributed by atoms with Crippen molar-refractivity contribution in [3.63, 3.8) is 0 Å². The van der Waals surface area contributed by atoms with Crippen LogP contribution in [0.5, 0.6) is 5.75 Å². The normalized spacial score (nSPS) is 16.4. The maximum absolute atomic E-state index is 12.9. The number of amides is 4. The Bertz CT molecular complexity index is 956. The van der Waals surface area contributed by atoms with Gasteiger partial charge in [-0.25, -0.2) is 15.4 Å². The molecule has 0 bridgehead atoms. The number of nitrogens with two attached hydrogens (primary N) is 1. The van der Waals surface area contributed by atoms with Crippen LogP contribution in [0.4, 0.5) is 9.59 Å². The monoisotopic (exact) mass is 459 g/mol. The molecule has 0 radical (unpaired) electrons. The Morgan fingerprint density at radius 1 is 1.03 bits per heavy atom. The SMILES string of the molecule is CC(C)(C)OC(=O)N(N)C(=O)N1CC/C(=C/c2cc(C(C)(C)C)c(O)c(C(C)(C)C)c2)C1=O. The summed E-state index contributed by atoms with van der Waals surface area (Å²) in [7, 11) is 0. The van der Waals surface area contributed by atoms with E-state index in [1.54, 1.807) is 26.8 Å². The van der Waals surface area contributed by atoms with E-state index < -0.39 is 23.6 Å². The summed E-state index contributed by atoms with van der Waals surface area (Å²) in [6, 6.07) is 2.80. The van der Waals surface area contributed by atoms with Gasteiger partial charge in [0.2, 0.25) is 0 Å². The molecule has 1 saturated heterocycles. The number of hydrazine groups is 1. The highest BCUT2D eigenvalue weighted by molar-refractivity contribution is 6.10. The third kappa shape index (κ3) is 6.13. The molecule has 8 heteroatoms. The van der Waals surface area contributed by atoms with E-state index in [0.717, 1.165) is 21.6 Å². The predicted molar refractivity (Wildman–Crippen MR) is 127 cm³/mol. The molecule has 0 spiro atoms. The maximum atomic E-state index is 12.9. The summed E-state index contributed by atoms with van der Waals surface area (Å²) in [5, 5.41) is 11.2. The van der Waals surface area contributed by atoms with E-state index in [0.29, 0.717) is 17.0 Å². The van der Waals surface area contributed by atoms with Gasteiger partial charge in [-0.1, -0.05) is 41.5 Å². The fraction of sp³-hybridized carbons (Fsp3) is 0.560. The second kappa shape index (κ2) is 8.82. The number of phenolic OH excluding ortho intramolecular Hbond substituents is 1. The Kier molecular flexibility index (Phi) is 7.05. The van der Waals surface area contributed by atoms with E-state index >= 15 is 0 Å². The van der Waals surface area contributed by atoms with Crippen LogP contribution in [0, 0.1) is 0 Å². The standard InChI is InChI=1S/C25H37N3O5/c1-23(2,3)17-13-15(14-18(19(17)29)24(4,5)6)12-16-10-11-27(20(16)30)21(31)28(26)22(32)33-25(7,8)9/h12-14,29H,10-11,26H2,1-9H3/b16-12-. The van der Waals surface area contributed by atoms with Gasteiger partial charge >= 0.3 is 12.1 Å². The van der Waals surface area contributed by atoms with Crippen LogP contribution in [-0.2, 0) is 20.4 Å². The number of aromatic hydroxyl groups is 1. The molecule has 4 amide bonds. The lowest BCUT2D eigenvalue weighted by Gasteiger charge is -2.28. The minimum Gasteiger partial charge on any atom is -0.507 e. The van der Waals surface area contributed by atoms with Crippen LogP contribution in [0.25, 0.3) is 6.08 Å². The summed E-state index contributed by atoms with van der Waals surface area (Å²) in [4.78, 5) is 38.6. The average molecular weight is 460 g/mol. The van der Waals surface area contributed by atoms with Gasteiger partial charge < -0.3 is 9.84 Å². The lowest BCUT2D eigenvalue weighted by molar-refractivity contribution is -0.122. The lowest BCUT2D eigenvalue weighted by Crippen LogP contribution is -2.52. The number of imide groups is 2. The third-order valence-corrected chi connectivity index (χ3v) is 5.24. The fourth-order valence-corrected chi connectivity index (χ4v) is 3.53. The summed E-state index contributed by atoms with van der Waals surface area (Å²) in [6.07, 6.45) is 1.03. The molecule has 3 N–H and O–H groups in total. The van der Waals surface area contributed by atoms with Crippen molar-refractivity contribution < 1.29 is 24.2 Å². The molecule has 0 saturated carbocycles. The largest absolute Gasteiger partial charge is 0.507 e. The molecule has 1 heterocycles. The highest BCUT2D eigenvalue weighted by atomic mass is 16.6. The van der Waals surface area contributed by atoms with Crippen LogP contribution in [0.2, 0.25) is 0 Å². The second-order valence-electron chi connectivity index (χ2n) is 11.5. The van der Waals surface area contributed by atoms with E-state index in [4.69, 9.17) is 10.6 Å². The Hall–Kier alpha value is -2.87. The number of nitrogens with zero attached hydrogens (tertiary/aromatic N) is 2. The number of hydrogen-bond acceptors (Lipinski definition) is 6. The first-order chi connectivity index (χ1) is 14.8. The van der Waals surface area contributed by atoms with Crippen molar-refractivity contribution >= 4 is 24.1 Å². The van der Waals surface area contributed by atoms with E-state index in [2.05, 4.69) is 0 Å². The Morgan fingerprint density at radius 2 is 1.52 bits per heavy atom. The highest BCUT2D eigenvalue weighted by Crippen LogP contribution is 2.40. The van der Waals surface area contributed by atoms with Gasteiger partial charge in [-0.2, -0.15) is 5.01 Å². The van der Waals surface area contributed by atoms with Crippen molar-refractivity contribution in [3.8, 4) is 5.75 Å². The molecular formula is C25H37N3O5. The van der Waals surface area contributed by atoms with Gasteiger partial charge in [-0.15, -0.1) is 0 Å². The quantitative estimate of drug-likeness (QED) is 0.269. The van der Waals surface area contributed by atoms with Crippen molar-refractivity contribution in [2.24, 2.45) is 5.84 Å².